The lowest BCUT2D eigenvalue weighted by Crippen LogP contribution is -2.40. The van der Waals surface area contributed by atoms with E-state index in [-0.39, 0.29) is 25.0 Å². The van der Waals surface area contributed by atoms with Gasteiger partial charge in [0.2, 0.25) is 5.91 Å². The summed E-state index contributed by atoms with van der Waals surface area (Å²) in [5.41, 5.74) is 2.17. The molecule has 2 amide bonds. The van der Waals surface area contributed by atoms with Crippen LogP contribution >= 0.6 is 0 Å². The van der Waals surface area contributed by atoms with Crippen LogP contribution in [0.1, 0.15) is 43.7 Å². The Balaban J connectivity index is 1.82. The Morgan fingerprint density at radius 2 is 1.96 bits per heavy atom. The van der Waals surface area contributed by atoms with Crippen molar-refractivity contribution in [2.45, 2.75) is 39.5 Å². The van der Waals surface area contributed by atoms with Gasteiger partial charge in [0.15, 0.2) is 6.61 Å². The summed E-state index contributed by atoms with van der Waals surface area (Å²) in [5.74, 6) is 0.773. The molecule has 1 aromatic carbocycles. The largest absolute Gasteiger partial charge is 0.483 e. The lowest BCUT2D eigenvalue weighted by Gasteiger charge is -2.16. The number of ether oxygens (including phenoxy) is 1. The van der Waals surface area contributed by atoms with E-state index in [1.54, 1.807) is 4.90 Å². The van der Waals surface area contributed by atoms with Gasteiger partial charge < -0.3 is 15.0 Å². The van der Waals surface area contributed by atoms with E-state index in [9.17, 15) is 9.59 Å². The average Bonchev–Trinajstić information content (AvgIpc) is 3.04. The van der Waals surface area contributed by atoms with E-state index in [4.69, 9.17) is 4.74 Å². The smallest absolute Gasteiger partial charge is 0.258 e. The van der Waals surface area contributed by atoms with Gasteiger partial charge in [-0.2, -0.15) is 0 Å². The summed E-state index contributed by atoms with van der Waals surface area (Å²) in [4.78, 5) is 25.6. The minimum atomic E-state index is -0.270. The van der Waals surface area contributed by atoms with Gasteiger partial charge in [-0.3, -0.25) is 9.59 Å². The zero-order chi connectivity index (χ0) is 16.8. The summed E-state index contributed by atoms with van der Waals surface area (Å²) in [5, 5.41) is 2.64. The average molecular weight is 318 g/mol. The van der Waals surface area contributed by atoms with Gasteiger partial charge >= 0.3 is 0 Å². The topological polar surface area (TPSA) is 58.6 Å². The number of amides is 2. The molecule has 1 saturated heterocycles. The van der Waals surface area contributed by atoms with Crippen molar-refractivity contribution in [3.63, 3.8) is 0 Å². The van der Waals surface area contributed by atoms with Gasteiger partial charge in [-0.25, -0.2) is 0 Å². The molecule has 0 unspecified atom stereocenters. The number of carbonyl (C=O) groups is 2. The zero-order valence-electron chi connectivity index (χ0n) is 14.2. The molecule has 1 fully saturated rings. The molecule has 1 aliphatic rings. The molecular weight excluding hydrogens is 292 g/mol. The molecule has 23 heavy (non-hydrogen) atoms. The molecule has 0 radical (unpaired) electrons. The fraction of sp³-hybridized carbons (Fsp3) is 0.556. The van der Waals surface area contributed by atoms with Gasteiger partial charge in [0.25, 0.3) is 5.91 Å². The lowest BCUT2D eigenvalue weighted by molar-refractivity contribution is -0.132. The summed E-state index contributed by atoms with van der Waals surface area (Å²) < 4.78 is 5.66. The third kappa shape index (κ3) is 4.98. The van der Waals surface area contributed by atoms with Crippen LogP contribution in [0, 0.1) is 6.92 Å². The maximum absolute atomic E-state index is 11.9. The second-order valence-electron chi connectivity index (χ2n) is 6.35. The van der Waals surface area contributed by atoms with Crippen molar-refractivity contribution < 1.29 is 14.3 Å². The van der Waals surface area contributed by atoms with Crippen molar-refractivity contribution in [3.05, 3.63) is 29.3 Å². The number of carbonyl (C=O) groups excluding carboxylic acids is 2. The number of rotatable bonds is 6. The van der Waals surface area contributed by atoms with Gasteiger partial charge in [0, 0.05) is 13.1 Å². The van der Waals surface area contributed by atoms with E-state index in [0.717, 1.165) is 42.8 Å². The molecule has 1 aromatic rings. The lowest BCUT2D eigenvalue weighted by atomic mass is 10.0. The second-order valence-corrected chi connectivity index (χ2v) is 6.35. The summed E-state index contributed by atoms with van der Waals surface area (Å²) in [6.07, 6.45) is 2.10. The summed E-state index contributed by atoms with van der Waals surface area (Å²) in [6.45, 7) is 7.74. The molecule has 5 heteroatoms. The van der Waals surface area contributed by atoms with Gasteiger partial charge in [-0.15, -0.1) is 0 Å². The predicted molar refractivity (Wildman–Crippen MR) is 89.6 cm³/mol. The normalized spacial score (nSPS) is 14.2. The highest BCUT2D eigenvalue weighted by atomic mass is 16.5. The van der Waals surface area contributed by atoms with E-state index in [1.165, 1.54) is 0 Å². The number of likely N-dealkylation sites (tertiary alicyclic amines) is 1. The van der Waals surface area contributed by atoms with Crippen LogP contribution in [0.2, 0.25) is 0 Å². The Morgan fingerprint density at radius 3 is 2.61 bits per heavy atom. The first-order valence-electron chi connectivity index (χ1n) is 8.25. The second kappa shape index (κ2) is 7.99. The molecule has 0 aromatic heterocycles. The minimum Gasteiger partial charge on any atom is -0.483 e. The molecule has 0 spiro atoms. The molecule has 1 heterocycles. The molecule has 0 bridgehead atoms. The summed E-state index contributed by atoms with van der Waals surface area (Å²) in [6, 6.07) is 6.01. The standard InChI is InChI=1S/C18H26N2O3/c1-13(2)15-7-6-14(3)10-16(15)23-12-17(21)19-11-18(22)20-8-4-5-9-20/h6-7,10,13H,4-5,8-9,11-12H2,1-3H3,(H,19,21). The third-order valence-corrected chi connectivity index (χ3v) is 4.05. The molecule has 0 aliphatic carbocycles. The molecule has 1 aliphatic heterocycles. The first-order valence-corrected chi connectivity index (χ1v) is 8.25. The fourth-order valence-electron chi connectivity index (χ4n) is 2.69. The SMILES string of the molecule is Cc1ccc(C(C)C)c(OCC(=O)NCC(=O)N2CCCC2)c1. The van der Waals surface area contributed by atoms with Gasteiger partial charge in [-0.05, 0) is 42.9 Å². The third-order valence-electron chi connectivity index (χ3n) is 4.05. The molecule has 2 rings (SSSR count). The van der Waals surface area contributed by atoms with Crippen molar-refractivity contribution in [2.75, 3.05) is 26.2 Å². The van der Waals surface area contributed by atoms with Crippen molar-refractivity contribution >= 4 is 11.8 Å². The van der Waals surface area contributed by atoms with Crippen LogP contribution in [0.5, 0.6) is 5.75 Å². The highest BCUT2D eigenvalue weighted by Crippen LogP contribution is 2.27. The van der Waals surface area contributed by atoms with Crippen LogP contribution in [0.4, 0.5) is 0 Å². The van der Waals surface area contributed by atoms with Crippen molar-refractivity contribution in [1.82, 2.24) is 10.2 Å². The van der Waals surface area contributed by atoms with E-state index >= 15 is 0 Å². The number of hydrogen-bond acceptors (Lipinski definition) is 3. The fourth-order valence-corrected chi connectivity index (χ4v) is 2.69. The molecule has 126 valence electrons. The van der Waals surface area contributed by atoms with Gasteiger partial charge in [-0.1, -0.05) is 26.0 Å². The van der Waals surface area contributed by atoms with Gasteiger partial charge in [0.1, 0.15) is 5.75 Å². The summed E-state index contributed by atoms with van der Waals surface area (Å²) >= 11 is 0. The Morgan fingerprint density at radius 1 is 1.26 bits per heavy atom. The van der Waals surface area contributed by atoms with Crippen LogP contribution < -0.4 is 10.1 Å². The molecular formula is C18H26N2O3. The van der Waals surface area contributed by atoms with Crippen LogP contribution in [-0.2, 0) is 9.59 Å². The number of benzene rings is 1. The molecule has 0 atom stereocenters. The quantitative estimate of drug-likeness (QED) is 0.875. The Labute approximate surface area is 138 Å². The molecule has 5 nitrogen and oxygen atoms in total. The van der Waals surface area contributed by atoms with Crippen molar-refractivity contribution in [1.29, 1.82) is 0 Å². The predicted octanol–water partition coefficient (Wildman–Crippen LogP) is 2.24. The van der Waals surface area contributed by atoms with E-state index in [2.05, 4.69) is 19.2 Å². The Hall–Kier alpha value is -2.04. The Kier molecular flexibility index (Phi) is 6.02. The summed E-state index contributed by atoms with van der Waals surface area (Å²) in [7, 11) is 0. The maximum atomic E-state index is 11.9. The van der Waals surface area contributed by atoms with Crippen LogP contribution in [0.25, 0.3) is 0 Å². The van der Waals surface area contributed by atoms with Gasteiger partial charge in [0.05, 0.1) is 6.54 Å². The monoisotopic (exact) mass is 318 g/mol. The van der Waals surface area contributed by atoms with E-state index in [1.807, 2.05) is 25.1 Å². The number of aryl methyl sites for hydroxylation is 1. The van der Waals surface area contributed by atoms with E-state index in [0.29, 0.717) is 5.92 Å². The van der Waals surface area contributed by atoms with E-state index < -0.39 is 0 Å². The van der Waals surface area contributed by atoms with Crippen LogP contribution in [0.3, 0.4) is 0 Å². The first-order chi connectivity index (χ1) is 11.0. The van der Waals surface area contributed by atoms with Crippen LogP contribution in [-0.4, -0.2) is 43.0 Å². The van der Waals surface area contributed by atoms with Crippen molar-refractivity contribution in [2.24, 2.45) is 0 Å². The highest BCUT2D eigenvalue weighted by molar-refractivity contribution is 5.85. The number of nitrogens with one attached hydrogen (secondary N) is 1. The molecule has 1 N–H and O–H groups in total. The van der Waals surface area contributed by atoms with Crippen molar-refractivity contribution in [3.8, 4) is 5.75 Å². The number of nitrogens with zero attached hydrogens (tertiary/aromatic N) is 1. The zero-order valence-corrected chi connectivity index (χ0v) is 14.2. The maximum Gasteiger partial charge on any atom is 0.258 e. The molecule has 0 saturated carbocycles. The first kappa shape index (κ1) is 17.3. The highest BCUT2D eigenvalue weighted by Gasteiger charge is 2.18. The van der Waals surface area contributed by atoms with Crippen LogP contribution in [0.15, 0.2) is 18.2 Å². The minimum absolute atomic E-state index is 0.0192. The Bertz CT molecular complexity index is 563. The number of hydrogen-bond donors (Lipinski definition) is 1.